The third-order valence-electron chi connectivity index (χ3n) is 6.22. The van der Waals surface area contributed by atoms with Gasteiger partial charge in [-0.1, -0.05) is 32.1 Å². The van der Waals surface area contributed by atoms with Crippen molar-refractivity contribution in [2.45, 2.75) is 82.7 Å². The quantitative estimate of drug-likeness (QED) is 0.791. The Morgan fingerprint density at radius 2 is 1.55 bits per heavy atom. The van der Waals surface area contributed by atoms with E-state index in [0.29, 0.717) is 18.6 Å². The van der Waals surface area contributed by atoms with Crippen molar-refractivity contribution in [1.82, 2.24) is 10.2 Å². The van der Waals surface area contributed by atoms with Crippen molar-refractivity contribution in [3.05, 3.63) is 0 Å². The first-order valence-electron chi connectivity index (χ1n) is 9.92. The highest BCUT2D eigenvalue weighted by molar-refractivity contribution is 4.87. The molecule has 0 spiro atoms. The van der Waals surface area contributed by atoms with Crippen molar-refractivity contribution >= 4 is 0 Å². The molecule has 1 heterocycles. The highest BCUT2D eigenvalue weighted by atomic mass is 16.3. The van der Waals surface area contributed by atoms with E-state index in [2.05, 4.69) is 10.2 Å². The van der Waals surface area contributed by atoms with Gasteiger partial charge in [0, 0.05) is 38.3 Å². The maximum absolute atomic E-state index is 9.36. The molecule has 0 aromatic rings. The van der Waals surface area contributed by atoms with Crippen LogP contribution in [0.3, 0.4) is 0 Å². The standard InChI is InChI=1S/C19H36N2O/c22-11-10-17-12-19(20-18-8-2-1-3-9-18)15-21(14-17)13-16-6-4-5-7-16/h16-20,22H,1-15H2. The van der Waals surface area contributed by atoms with Gasteiger partial charge < -0.3 is 15.3 Å². The molecule has 0 radical (unpaired) electrons. The SMILES string of the molecule is OCCC1CC(NC2CCCCC2)CN(CC2CCCC2)C1. The molecule has 0 aromatic heterocycles. The summed E-state index contributed by atoms with van der Waals surface area (Å²) in [7, 11) is 0. The number of rotatable bonds is 6. The number of aliphatic hydroxyl groups excluding tert-OH is 1. The number of nitrogens with zero attached hydrogens (tertiary/aromatic N) is 1. The highest BCUT2D eigenvalue weighted by Gasteiger charge is 2.30. The summed E-state index contributed by atoms with van der Waals surface area (Å²) in [5.41, 5.74) is 0. The Bertz CT molecular complexity index is 311. The van der Waals surface area contributed by atoms with Crippen LogP contribution in [0.2, 0.25) is 0 Å². The number of aliphatic hydroxyl groups is 1. The summed E-state index contributed by atoms with van der Waals surface area (Å²) in [6, 6.07) is 1.43. The number of hydrogen-bond acceptors (Lipinski definition) is 3. The van der Waals surface area contributed by atoms with E-state index >= 15 is 0 Å². The van der Waals surface area contributed by atoms with E-state index < -0.39 is 0 Å². The second-order valence-electron chi connectivity index (χ2n) is 8.18. The number of likely N-dealkylation sites (tertiary alicyclic amines) is 1. The van der Waals surface area contributed by atoms with Gasteiger partial charge in [0.15, 0.2) is 0 Å². The highest BCUT2D eigenvalue weighted by Crippen LogP contribution is 2.29. The minimum atomic E-state index is 0.359. The lowest BCUT2D eigenvalue weighted by Gasteiger charge is -2.41. The lowest BCUT2D eigenvalue weighted by Crippen LogP contribution is -2.53. The number of nitrogens with one attached hydrogen (secondary N) is 1. The summed E-state index contributed by atoms with van der Waals surface area (Å²) >= 11 is 0. The molecule has 2 unspecified atom stereocenters. The normalized spacial score (nSPS) is 32.6. The maximum atomic E-state index is 9.36. The predicted octanol–water partition coefficient (Wildman–Crippen LogP) is 3.17. The molecule has 3 rings (SSSR count). The van der Waals surface area contributed by atoms with Gasteiger partial charge in [-0.05, 0) is 50.4 Å². The molecule has 0 amide bonds. The third kappa shape index (κ3) is 4.94. The van der Waals surface area contributed by atoms with Crippen molar-refractivity contribution in [1.29, 1.82) is 0 Å². The number of piperidine rings is 1. The van der Waals surface area contributed by atoms with Crippen molar-refractivity contribution in [3.8, 4) is 0 Å². The van der Waals surface area contributed by atoms with E-state index in [0.717, 1.165) is 18.4 Å². The zero-order valence-electron chi connectivity index (χ0n) is 14.3. The zero-order chi connectivity index (χ0) is 15.2. The van der Waals surface area contributed by atoms with Gasteiger partial charge in [-0.15, -0.1) is 0 Å². The van der Waals surface area contributed by atoms with Crippen LogP contribution in [0, 0.1) is 11.8 Å². The van der Waals surface area contributed by atoms with E-state index in [1.807, 2.05) is 0 Å². The van der Waals surface area contributed by atoms with Crippen LogP contribution in [0.15, 0.2) is 0 Å². The van der Waals surface area contributed by atoms with Crippen LogP contribution in [0.1, 0.15) is 70.6 Å². The minimum absolute atomic E-state index is 0.359. The summed E-state index contributed by atoms with van der Waals surface area (Å²) in [4.78, 5) is 2.72. The fourth-order valence-electron chi connectivity index (χ4n) is 5.13. The molecule has 3 aliphatic rings. The second kappa shape index (κ2) is 8.65. The molecular weight excluding hydrogens is 272 g/mol. The largest absolute Gasteiger partial charge is 0.396 e. The topological polar surface area (TPSA) is 35.5 Å². The average molecular weight is 309 g/mol. The fraction of sp³-hybridized carbons (Fsp3) is 1.00. The van der Waals surface area contributed by atoms with E-state index in [4.69, 9.17) is 0 Å². The molecule has 2 saturated carbocycles. The van der Waals surface area contributed by atoms with Gasteiger partial charge >= 0.3 is 0 Å². The summed E-state index contributed by atoms with van der Waals surface area (Å²) in [6.07, 6.45) is 15.1. The van der Waals surface area contributed by atoms with Crippen molar-refractivity contribution in [2.75, 3.05) is 26.2 Å². The van der Waals surface area contributed by atoms with Crippen molar-refractivity contribution < 1.29 is 5.11 Å². The molecule has 2 atom stereocenters. The van der Waals surface area contributed by atoms with Gasteiger partial charge in [0.2, 0.25) is 0 Å². The van der Waals surface area contributed by atoms with E-state index in [1.54, 1.807) is 0 Å². The predicted molar refractivity (Wildman–Crippen MR) is 92.0 cm³/mol. The molecule has 3 fully saturated rings. The van der Waals surface area contributed by atoms with Crippen LogP contribution in [-0.4, -0.2) is 48.3 Å². The van der Waals surface area contributed by atoms with Crippen LogP contribution in [0.25, 0.3) is 0 Å². The molecule has 1 aliphatic heterocycles. The van der Waals surface area contributed by atoms with Crippen molar-refractivity contribution in [3.63, 3.8) is 0 Å². The van der Waals surface area contributed by atoms with E-state index in [9.17, 15) is 5.11 Å². The van der Waals surface area contributed by atoms with Gasteiger partial charge in [-0.3, -0.25) is 0 Å². The smallest absolute Gasteiger partial charge is 0.0434 e. The molecule has 22 heavy (non-hydrogen) atoms. The van der Waals surface area contributed by atoms with Gasteiger partial charge in [-0.25, -0.2) is 0 Å². The molecule has 3 heteroatoms. The summed E-state index contributed by atoms with van der Waals surface area (Å²) in [5, 5.41) is 13.3. The zero-order valence-corrected chi connectivity index (χ0v) is 14.3. The van der Waals surface area contributed by atoms with Crippen LogP contribution in [0.5, 0.6) is 0 Å². The fourth-order valence-corrected chi connectivity index (χ4v) is 5.13. The first-order chi connectivity index (χ1) is 10.8. The molecule has 3 nitrogen and oxygen atoms in total. The Hall–Kier alpha value is -0.120. The van der Waals surface area contributed by atoms with Gasteiger partial charge in [0.25, 0.3) is 0 Å². The molecule has 2 N–H and O–H groups in total. The molecular formula is C19H36N2O. The monoisotopic (exact) mass is 308 g/mol. The van der Waals surface area contributed by atoms with Gasteiger partial charge in [0.05, 0.1) is 0 Å². The maximum Gasteiger partial charge on any atom is 0.0434 e. The average Bonchev–Trinajstić information content (AvgIpc) is 3.01. The summed E-state index contributed by atoms with van der Waals surface area (Å²) in [6.45, 7) is 4.14. The molecule has 2 aliphatic carbocycles. The minimum Gasteiger partial charge on any atom is -0.396 e. The summed E-state index contributed by atoms with van der Waals surface area (Å²) in [5.74, 6) is 1.64. The van der Waals surface area contributed by atoms with Crippen LogP contribution in [0.4, 0.5) is 0 Å². The Kier molecular flexibility index (Phi) is 6.58. The van der Waals surface area contributed by atoms with Crippen molar-refractivity contribution in [2.24, 2.45) is 11.8 Å². The number of hydrogen-bond donors (Lipinski definition) is 2. The lowest BCUT2D eigenvalue weighted by molar-refractivity contribution is 0.0999. The Morgan fingerprint density at radius 1 is 0.818 bits per heavy atom. The Balaban J connectivity index is 1.51. The molecule has 128 valence electrons. The third-order valence-corrected chi connectivity index (χ3v) is 6.22. The Morgan fingerprint density at radius 3 is 2.27 bits per heavy atom. The first-order valence-corrected chi connectivity index (χ1v) is 9.92. The van der Waals surface area contributed by atoms with Gasteiger partial charge in [0.1, 0.15) is 0 Å². The molecule has 1 saturated heterocycles. The molecule has 0 aromatic carbocycles. The second-order valence-corrected chi connectivity index (χ2v) is 8.18. The van der Waals surface area contributed by atoms with E-state index in [1.165, 1.54) is 83.8 Å². The lowest BCUT2D eigenvalue weighted by atomic mass is 9.88. The molecule has 0 bridgehead atoms. The summed E-state index contributed by atoms with van der Waals surface area (Å²) < 4.78 is 0. The van der Waals surface area contributed by atoms with Crippen LogP contribution < -0.4 is 5.32 Å². The van der Waals surface area contributed by atoms with Gasteiger partial charge in [-0.2, -0.15) is 0 Å². The Labute approximate surface area is 136 Å². The van der Waals surface area contributed by atoms with Crippen LogP contribution in [-0.2, 0) is 0 Å². The first kappa shape index (κ1) is 16.7. The van der Waals surface area contributed by atoms with Crippen LogP contribution >= 0.6 is 0 Å². The van der Waals surface area contributed by atoms with E-state index in [-0.39, 0.29) is 0 Å².